The SMILES string of the molecule is CNc1nc(C)c(-c2cc[nH]c2)o1. The molecule has 4 heteroatoms. The number of hydrogen-bond donors (Lipinski definition) is 2. The Balaban J connectivity index is 2.46. The van der Waals surface area contributed by atoms with Crippen molar-refractivity contribution in [3.8, 4) is 11.3 Å². The lowest BCUT2D eigenvalue weighted by atomic mass is 10.2. The Morgan fingerprint density at radius 2 is 2.38 bits per heavy atom. The fraction of sp³-hybridized carbons (Fsp3) is 0.222. The van der Waals surface area contributed by atoms with Crippen LogP contribution in [-0.2, 0) is 0 Å². The van der Waals surface area contributed by atoms with Gasteiger partial charge in [-0.15, -0.1) is 0 Å². The first-order chi connectivity index (χ1) is 6.31. The zero-order chi connectivity index (χ0) is 9.26. The van der Waals surface area contributed by atoms with Crippen molar-refractivity contribution < 1.29 is 4.42 Å². The molecule has 0 fully saturated rings. The van der Waals surface area contributed by atoms with Crippen LogP contribution < -0.4 is 5.32 Å². The average Bonchev–Trinajstić information content (AvgIpc) is 2.72. The third-order valence-corrected chi connectivity index (χ3v) is 1.87. The normalized spacial score (nSPS) is 10.3. The van der Waals surface area contributed by atoms with E-state index in [-0.39, 0.29) is 0 Å². The molecule has 0 aliphatic heterocycles. The first-order valence-corrected chi connectivity index (χ1v) is 4.09. The molecular weight excluding hydrogens is 166 g/mol. The monoisotopic (exact) mass is 177 g/mol. The number of H-pyrrole nitrogens is 1. The molecule has 2 aromatic rings. The summed E-state index contributed by atoms with van der Waals surface area (Å²) in [5, 5.41) is 2.86. The van der Waals surface area contributed by atoms with Crippen LogP contribution in [0.4, 0.5) is 6.01 Å². The van der Waals surface area contributed by atoms with Gasteiger partial charge in [0.1, 0.15) is 0 Å². The van der Waals surface area contributed by atoms with Crippen LogP contribution in [0.1, 0.15) is 5.69 Å². The number of nitrogens with one attached hydrogen (secondary N) is 2. The van der Waals surface area contributed by atoms with Crippen LogP contribution >= 0.6 is 0 Å². The molecule has 0 atom stereocenters. The van der Waals surface area contributed by atoms with Crippen molar-refractivity contribution in [2.75, 3.05) is 12.4 Å². The van der Waals surface area contributed by atoms with Crippen LogP contribution in [0.2, 0.25) is 0 Å². The summed E-state index contributed by atoms with van der Waals surface area (Å²) in [6.45, 7) is 1.92. The van der Waals surface area contributed by atoms with Crippen LogP contribution in [0.15, 0.2) is 22.9 Å². The first-order valence-electron chi connectivity index (χ1n) is 4.09. The zero-order valence-electron chi connectivity index (χ0n) is 7.59. The molecule has 4 nitrogen and oxygen atoms in total. The number of rotatable bonds is 2. The lowest BCUT2D eigenvalue weighted by molar-refractivity contribution is 0.589. The first kappa shape index (κ1) is 7.91. The minimum atomic E-state index is 0.550. The van der Waals surface area contributed by atoms with Crippen LogP contribution in [0, 0.1) is 6.92 Å². The molecule has 2 N–H and O–H groups in total. The summed E-state index contributed by atoms with van der Waals surface area (Å²) in [6.07, 6.45) is 3.74. The fourth-order valence-corrected chi connectivity index (χ4v) is 1.24. The molecule has 2 heterocycles. The largest absolute Gasteiger partial charge is 0.423 e. The maximum atomic E-state index is 5.47. The molecule has 0 spiro atoms. The van der Waals surface area contributed by atoms with Crippen LogP contribution in [0.25, 0.3) is 11.3 Å². The van der Waals surface area contributed by atoms with Crippen LogP contribution in [0.5, 0.6) is 0 Å². The van der Waals surface area contributed by atoms with E-state index in [1.54, 1.807) is 7.05 Å². The Morgan fingerprint density at radius 3 is 2.92 bits per heavy atom. The maximum Gasteiger partial charge on any atom is 0.295 e. The lowest BCUT2D eigenvalue weighted by Gasteiger charge is -1.90. The Morgan fingerprint density at radius 1 is 1.54 bits per heavy atom. The van der Waals surface area contributed by atoms with Crippen molar-refractivity contribution in [1.29, 1.82) is 0 Å². The average molecular weight is 177 g/mol. The highest BCUT2D eigenvalue weighted by Gasteiger charge is 2.10. The molecule has 2 aromatic heterocycles. The fourth-order valence-electron chi connectivity index (χ4n) is 1.24. The van der Waals surface area contributed by atoms with E-state index < -0.39 is 0 Å². The van der Waals surface area contributed by atoms with Gasteiger partial charge < -0.3 is 14.7 Å². The smallest absolute Gasteiger partial charge is 0.295 e. The molecule has 13 heavy (non-hydrogen) atoms. The van der Waals surface area contributed by atoms with E-state index in [9.17, 15) is 0 Å². The van der Waals surface area contributed by atoms with E-state index in [4.69, 9.17) is 4.42 Å². The molecule has 0 aliphatic carbocycles. The second-order valence-corrected chi connectivity index (χ2v) is 2.78. The molecule has 0 bridgehead atoms. The second kappa shape index (κ2) is 2.97. The minimum Gasteiger partial charge on any atom is -0.423 e. The number of aryl methyl sites for hydroxylation is 1. The number of aromatic amines is 1. The van der Waals surface area contributed by atoms with E-state index in [0.717, 1.165) is 17.0 Å². The standard InChI is InChI=1S/C9H11N3O/c1-6-8(7-3-4-11-5-7)13-9(10-2)12-6/h3-5,11H,1-2H3,(H,10,12). The Bertz CT molecular complexity index is 389. The summed E-state index contributed by atoms with van der Waals surface area (Å²) in [5.74, 6) is 0.811. The van der Waals surface area contributed by atoms with Gasteiger partial charge in [-0.25, -0.2) is 0 Å². The summed E-state index contributed by atoms with van der Waals surface area (Å²) in [5.41, 5.74) is 1.91. The predicted octanol–water partition coefficient (Wildman–Crippen LogP) is 2.02. The number of anilines is 1. The summed E-state index contributed by atoms with van der Waals surface area (Å²) >= 11 is 0. The summed E-state index contributed by atoms with van der Waals surface area (Å²) in [6, 6.07) is 2.50. The highest BCUT2D eigenvalue weighted by molar-refractivity contribution is 5.59. The topological polar surface area (TPSA) is 53.9 Å². The molecule has 0 aliphatic rings. The van der Waals surface area contributed by atoms with E-state index in [1.807, 2.05) is 25.4 Å². The van der Waals surface area contributed by atoms with Crippen molar-refractivity contribution in [1.82, 2.24) is 9.97 Å². The van der Waals surface area contributed by atoms with Crippen molar-refractivity contribution in [3.63, 3.8) is 0 Å². The highest BCUT2D eigenvalue weighted by atomic mass is 16.4. The van der Waals surface area contributed by atoms with E-state index in [0.29, 0.717) is 6.01 Å². The van der Waals surface area contributed by atoms with Gasteiger partial charge in [0.15, 0.2) is 5.76 Å². The van der Waals surface area contributed by atoms with Gasteiger partial charge in [0.25, 0.3) is 6.01 Å². The number of oxazole rings is 1. The number of hydrogen-bond acceptors (Lipinski definition) is 3. The van der Waals surface area contributed by atoms with Gasteiger partial charge >= 0.3 is 0 Å². The Kier molecular flexibility index (Phi) is 1.81. The summed E-state index contributed by atoms with van der Waals surface area (Å²) < 4.78 is 5.47. The number of aromatic nitrogens is 2. The molecule has 0 aromatic carbocycles. The molecule has 0 saturated heterocycles. The van der Waals surface area contributed by atoms with Crippen LogP contribution in [0.3, 0.4) is 0 Å². The predicted molar refractivity (Wildman–Crippen MR) is 50.6 cm³/mol. The molecule has 2 rings (SSSR count). The van der Waals surface area contributed by atoms with E-state index in [2.05, 4.69) is 15.3 Å². The third kappa shape index (κ3) is 1.30. The summed E-state index contributed by atoms with van der Waals surface area (Å²) in [4.78, 5) is 7.17. The van der Waals surface area contributed by atoms with Crippen molar-refractivity contribution in [2.24, 2.45) is 0 Å². The third-order valence-electron chi connectivity index (χ3n) is 1.87. The van der Waals surface area contributed by atoms with Crippen LogP contribution in [-0.4, -0.2) is 17.0 Å². The van der Waals surface area contributed by atoms with E-state index in [1.165, 1.54) is 0 Å². The lowest BCUT2D eigenvalue weighted by Crippen LogP contribution is -1.85. The van der Waals surface area contributed by atoms with Gasteiger partial charge in [-0.1, -0.05) is 0 Å². The maximum absolute atomic E-state index is 5.47. The quantitative estimate of drug-likeness (QED) is 0.737. The minimum absolute atomic E-state index is 0.550. The molecule has 0 saturated carbocycles. The van der Waals surface area contributed by atoms with Gasteiger partial charge in [0.05, 0.1) is 5.69 Å². The van der Waals surface area contributed by atoms with E-state index >= 15 is 0 Å². The van der Waals surface area contributed by atoms with Gasteiger partial charge in [-0.2, -0.15) is 4.98 Å². The Labute approximate surface area is 76.0 Å². The second-order valence-electron chi connectivity index (χ2n) is 2.78. The molecule has 0 amide bonds. The van der Waals surface area contributed by atoms with Gasteiger partial charge in [-0.05, 0) is 13.0 Å². The highest BCUT2D eigenvalue weighted by Crippen LogP contribution is 2.25. The number of nitrogens with zero attached hydrogens (tertiary/aromatic N) is 1. The van der Waals surface area contributed by atoms with Gasteiger partial charge in [-0.3, -0.25) is 0 Å². The Hall–Kier alpha value is -1.71. The summed E-state index contributed by atoms with van der Waals surface area (Å²) in [7, 11) is 1.78. The van der Waals surface area contributed by atoms with Crippen molar-refractivity contribution in [2.45, 2.75) is 6.92 Å². The molecular formula is C9H11N3O. The zero-order valence-corrected chi connectivity index (χ0v) is 7.59. The van der Waals surface area contributed by atoms with Crippen molar-refractivity contribution >= 4 is 6.01 Å². The van der Waals surface area contributed by atoms with Gasteiger partial charge in [0, 0.05) is 25.0 Å². The molecule has 0 radical (unpaired) electrons. The molecule has 0 unspecified atom stereocenters. The van der Waals surface area contributed by atoms with Crippen molar-refractivity contribution in [3.05, 3.63) is 24.2 Å². The molecule has 68 valence electrons. The van der Waals surface area contributed by atoms with Gasteiger partial charge in [0.2, 0.25) is 0 Å².